The molecule has 7 aromatic carbocycles. The van der Waals surface area contributed by atoms with Crippen LogP contribution in [0.5, 0.6) is 0 Å². The molecule has 9 rings (SSSR count). The Labute approximate surface area is 275 Å². The molecule has 0 bridgehead atoms. The molecule has 222 valence electrons. The Balaban J connectivity index is 1.26. The maximum atomic E-state index is 5.30. The number of rotatable bonds is 4. The first-order valence-electron chi connectivity index (χ1n) is 16.3. The highest BCUT2D eigenvalue weighted by molar-refractivity contribution is 6.21. The van der Waals surface area contributed by atoms with Gasteiger partial charge >= 0.3 is 0 Å². The lowest BCUT2D eigenvalue weighted by atomic mass is 9.80. The fraction of sp³-hybridized carbons (Fsp3) is 0.0667. The van der Waals surface area contributed by atoms with Gasteiger partial charge in [0, 0.05) is 27.7 Å². The fourth-order valence-corrected chi connectivity index (χ4v) is 7.69. The van der Waals surface area contributed by atoms with E-state index in [2.05, 4.69) is 166 Å². The third kappa shape index (κ3) is 4.26. The van der Waals surface area contributed by atoms with Crippen molar-refractivity contribution in [2.24, 2.45) is 0 Å². The first kappa shape index (κ1) is 27.5. The van der Waals surface area contributed by atoms with Gasteiger partial charge in [-0.3, -0.25) is 0 Å². The van der Waals surface area contributed by atoms with Gasteiger partial charge < -0.3 is 0 Å². The fourth-order valence-electron chi connectivity index (χ4n) is 7.69. The summed E-state index contributed by atoms with van der Waals surface area (Å²) in [6.07, 6.45) is 0. The van der Waals surface area contributed by atoms with Crippen LogP contribution in [0.2, 0.25) is 0 Å². The summed E-state index contributed by atoms with van der Waals surface area (Å²) in [6, 6.07) is 56.5. The highest BCUT2D eigenvalue weighted by atomic mass is 14.9. The van der Waals surface area contributed by atoms with Crippen LogP contribution in [0.15, 0.2) is 158 Å². The predicted octanol–water partition coefficient (Wildman–Crippen LogP) is 11.8. The van der Waals surface area contributed by atoms with E-state index in [4.69, 9.17) is 9.97 Å². The van der Waals surface area contributed by atoms with E-state index < -0.39 is 0 Å². The summed E-state index contributed by atoms with van der Waals surface area (Å²) < 4.78 is 0. The lowest BCUT2D eigenvalue weighted by Crippen LogP contribution is -2.17. The molecule has 0 aliphatic heterocycles. The lowest BCUT2D eigenvalue weighted by molar-refractivity contribution is 0.658. The van der Waals surface area contributed by atoms with Gasteiger partial charge in [0.2, 0.25) is 0 Å². The van der Waals surface area contributed by atoms with Crippen LogP contribution >= 0.6 is 0 Å². The Kier molecular flexibility index (Phi) is 6.20. The second-order valence-electron chi connectivity index (χ2n) is 12.9. The van der Waals surface area contributed by atoms with Crippen molar-refractivity contribution in [1.82, 2.24) is 9.97 Å². The normalized spacial score (nSPS) is 13.1. The second kappa shape index (κ2) is 10.6. The van der Waals surface area contributed by atoms with Crippen LogP contribution in [-0.4, -0.2) is 9.97 Å². The van der Waals surface area contributed by atoms with E-state index in [-0.39, 0.29) is 5.41 Å². The SMILES string of the molecule is CC1(C)c2ccccc2-c2nc(-c3ccccc3)nc(-c3ccc(-c4c5ccccc5c(-c5ccccc5)c5ccccc45)cc3)c21. The standard InChI is InChI=1S/C45H32N2/c1-45(2)38-24-14-13-23-37(38)43-41(45)42(46-44(47-43)32-17-7-4-8-18-32)31-27-25-30(26-28-31)40-35-21-11-9-19-33(35)39(29-15-5-3-6-16-29)34-20-10-12-22-36(34)40/h3-28H,1-2H3. The minimum atomic E-state index is -0.227. The van der Waals surface area contributed by atoms with Gasteiger partial charge in [-0.1, -0.05) is 172 Å². The minimum absolute atomic E-state index is 0.227. The van der Waals surface area contributed by atoms with Gasteiger partial charge in [-0.05, 0) is 49.4 Å². The highest BCUT2D eigenvalue weighted by Crippen LogP contribution is 2.51. The molecule has 0 saturated heterocycles. The Morgan fingerprint density at radius 2 is 0.809 bits per heavy atom. The van der Waals surface area contributed by atoms with Crippen LogP contribution in [0.1, 0.15) is 25.0 Å². The van der Waals surface area contributed by atoms with Crippen molar-refractivity contribution in [3.05, 3.63) is 169 Å². The van der Waals surface area contributed by atoms with E-state index in [1.54, 1.807) is 0 Å². The van der Waals surface area contributed by atoms with Gasteiger partial charge in [0.1, 0.15) is 0 Å². The van der Waals surface area contributed by atoms with Crippen LogP contribution in [0, 0.1) is 0 Å². The van der Waals surface area contributed by atoms with Crippen LogP contribution in [0.4, 0.5) is 0 Å². The Bertz CT molecular complexity index is 2400. The molecule has 0 N–H and O–H groups in total. The molecule has 0 amide bonds. The summed E-state index contributed by atoms with van der Waals surface area (Å²) in [6.45, 7) is 4.60. The number of hydrogen-bond acceptors (Lipinski definition) is 2. The van der Waals surface area contributed by atoms with Gasteiger partial charge in [0.15, 0.2) is 5.82 Å². The molecular weight excluding hydrogens is 569 g/mol. The Morgan fingerprint density at radius 3 is 1.38 bits per heavy atom. The second-order valence-corrected chi connectivity index (χ2v) is 12.9. The van der Waals surface area contributed by atoms with Crippen molar-refractivity contribution in [3.63, 3.8) is 0 Å². The summed E-state index contributed by atoms with van der Waals surface area (Å²) in [7, 11) is 0. The average Bonchev–Trinajstić information content (AvgIpc) is 3.37. The molecule has 0 saturated carbocycles. The van der Waals surface area contributed by atoms with Crippen molar-refractivity contribution in [2.75, 3.05) is 0 Å². The van der Waals surface area contributed by atoms with Crippen LogP contribution < -0.4 is 0 Å². The van der Waals surface area contributed by atoms with Crippen LogP contribution in [0.3, 0.4) is 0 Å². The molecule has 0 spiro atoms. The van der Waals surface area contributed by atoms with Gasteiger partial charge in [-0.15, -0.1) is 0 Å². The summed E-state index contributed by atoms with van der Waals surface area (Å²) >= 11 is 0. The number of fused-ring (bicyclic) bond motifs is 5. The molecule has 0 fully saturated rings. The first-order chi connectivity index (χ1) is 23.1. The highest BCUT2D eigenvalue weighted by Gasteiger charge is 2.40. The molecule has 1 aromatic heterocycles. The molecule has 1 heterocycles. The molecule has 8 aromatic rings. The van der Waals surface area contributed by atoms with Crippen molar-refractivity contribution in [3.8, 4) is 56.2 Å². The van der Waals surface area contributed by atoms with Crippen molar-refractivity contribution < 1.29 is 0 Å². The third-order valence-corrected chi connectivity index (χ3v) is 9.86. The molecule has 1 aliphatic carbocycles. The molecular formula is C45H32N2. The number of nitrogens with zero attached hydrogens (tertiary/aromatic N) is 2. The van der Waals surface area contributed by atoms with E-state index in [0.29, 0.717) is 0 Å². The van der Waals surface area contributed by atoms with Gasteiger partial charge in [0.25, 0.3) is 0 Å². The monoisotopic (exact) mass is 600 g/mol. The van der Waals surface area contributed by atoms with Crippen LogP contribution in [-0.2, 0) is 5.41 Å². The van der Waals surface area contributed by atoms with Crippen LogP contribution in [0.25, 0.3) is 77.7 Å². The zero-order valence-electron chi connectivity index (χ0n) is 26.4. The molecule has 0 radical (unpaired) electrons. The van der Waals surface area contributed by atoms with Gasteiger partial charge in [-0.25, -0.2) is 9.97 Å². The maximum Gasteiger partial charge on any atom is 0.160 e. The zero-order valence-corrected chi connectivity index (χ0v) is 26.4. The summed E-state index contributed by atoms with van der Waals surface area (Å²) in [4.78, 5) is 10.5. The quantitative estimate of drug-likeness (QED) is 0.188. The van der Waals surface area contributed by atoms with Crippen molar-refractivity contribution >= 4 is 21.5 Å². The number of aromatic nitrogens is 2. The lowest BCUT2D eigenvalue weighted by Gasteiger charge is -2.24. The van der Waals surface area contributed by atoms with E-state index in [1.807, 2.05) is 6.07 Å². The van der Waals surface area contributed by atoms with E-state index >= 15 is 0 Å². The Morgan fingerprint density at radius 1 is 0.383 bits per heavy atom. The average molecular weight is 601 g/mol. The topological polar surface area (TPSA) is 25.8 Å². The first-order valence-corrected chi connectivity index (χ1v) is 16.3. The molecule has 2 nitrogen and oxygen atoms in total. The van der Waals surface area contributed by atoms with E-state index in [0.717, 1.165) is 28.3 Å². The molecule has 2 heteroatoms. The van der Waals surface area contributed by atoms with Gasteiger partial charge in [-0.2, -0.15) is 0 Å². The largest absolute Gasteiger partial charge is 0.228 e. The maximum absolute atomic E-state index is 5.30. The predicted molar refractivity (Wildman–Crippen MR) is 196 cm³/mol. The van der Waals surface area contributed by atoms with E-state index in [1.165, 1.54) is 60.5 Å². The zero-order chi connectivity index (χ0) is 31.5. The van der Waals surface area contributed by atoms with Gasteiger partial charge in [0.05, 0.1) is 11.4 Å². The van der Waals surface area contributed by atoms with E-state index in [9.17, 15) is 0 Å². The summed E-state index contributed by atoms with van der Waals surface area (Å²) in [5, 5.41) is 5.03. The number of benzene rings is 7. The summed E-state index contributed by atoms with van der Waals surface area (Å²) in [5.41, 5.74) is 12.6. The molecule has 1 aliphatic rings. The van der Waals surface area contributed by atoms with Crippen molar-refractivity contribution in [2.45, 2.75) is 19.3 Å². The smallest absolute Gasteiger partial charge is 0.160 e. The Hall–Kier alpha value is -5.86. The minimum Gasteiger partial charge on any atom is -0.228 e. The molecule has 0 atom stereocenters. The molecule has 47 heavy (non-hydrogen) atoms. The number of hydrogen-bond donors (Lipinski definition) is 0. The summed E-state index contributed by atoms with van der Waals surface area (Å²) in [5.74, 6) is 0.754. The molecule has 0 unspecified atom stereocenters. The van der Waals surface area contributed by atoms with Crippen molar-refractivity contribution in [1.29, 1.82) is 0 Å². The third-order valence-electron chi connectivity index (χ3n) is 9.86.